The highest BCUT2D eigenvalue weighted by Crippen LogP contribution is 2.26. The lowest BCUT2D eigenvalue weighted by Crippen LogP contribution is -2.41. The Morgan fingerprint density at radius 1 is 1.32 bits per heavy atom. The van der Waals surface area contributed by atoms with E-state index in [-0.39, 0.29) is 28.3 Å². The van der Waals surface area contributed by atoms with Gasteiger partial charge in [-0.25, -0.2) is 0 Å². The van der Waals surface area contributed by atoms with E-state index < -0.39 is 4.92 Å². The fourth-order valence-electron chi connectivity index (χ4n) is 2.75. The Morgan fingerprint density at radius 2 is 2.08 bits per heavy atom. The van der Waals surface area contributed by atoms with Crippen LogP contribution in [-0.2, 0) is 0 Å². The second-order valence-corrected chi connectivity index (χ2v) is 6.13. The summed E-state index contributed by atoms with van der Waals surface area (Å²) in [6.45, 7) is 1.06. The lowest BCUT2D eigenvalue weighted by atomic mass is 10.1. The Bertz CT molecular complexity index is 777. The Balaban J connectivity index is 1.62. The van der Waals surface area contributed by atoms with Crippen LogP contribution < -0.4 is 4.74 Å². The number of hydrogen-bond donors (Lipinski definition) is 0. The van der Waals surface area contributed by atoms with Crippen LogP contribution in [0.1, 0.15) is 23.2 Å². The first kappa shape index (κ1) is 17.2. The molecule has 1 fully saturated rings. The number of carbonyl (C=O) groups is 1. The highest BCUT2D eigenvalue weighted by atomic mass is 35.5. The maximum absolute atomic E-state index is 12.6. The van der Waals surface area contributed by atoms with Crippen molar-refractivity contribution in [2.24, 2.45) is 0 Å². The Morgan fingerprint density at radius 3 is 2.72 bits per heavy atom. The lowest BCUT2D eigenvalue weighted by molar-refractivity contribution is -0.384. The molecule has 8 heteroatoms. The molecule has 0 N–H and O–H groups in total. The highest BCUT2D eigenvalue weighted by molar-refractivity contribution is 6.32. The molecular weight excluding hydrogens is 346 g/mol. The number of nitrogens with zero attached hydrogens (tertiary/aromatic N) is 3. The first-order valence-electron chi connectivity index (χ1n) is 7.84. The second kappa shape index (κ2) is 7.48. The van der Waals surface area contributed by atoms with Crippen LogP contribution in [0, 0.1) is 10.1 Å². The fraction of sp³-hybridized carbons (Fsp3) is 0.294. The first-order chi connectivity index (χ1) is 12.0. The maximum atomic E-state index is 12.6. The molecule has 2 heterocycles. The van der Waals surface area contributed by atoms with Crippen LogP contribution in [0.25, 0.3) is 0 Å². The van der Waals surface area contributed by atoms with Gasteiger partial charge in [-0.05, 0) is 24.3 Å². The van der Waals surface area contributed by atoms with E-state index in [0.29, 0.717) is 31.7 Å². The molecule has 2 aromatic rings. The number of amides is 1. The minimum atomic E-state index is -0.590. The van der Waals surface area contributed by atoms with Gasteiger partial charge in [-0.15, -0.1) is 0 Å². The Hall–Kier alpha value is -2.67. The number of carbonyl (C=O) groups excluding carboxylic acids is 1. The number of hydrogen-bond acceptors (Lipinski definition) is 5. The van der Waals surface area contributed by atoms with Crippen molar-refractivity contribution < 1.29 is 14.5 Å². The molecule has 1 aromatic heterocycles. The van der Waals surface area contributed by atoms with Gasteiger partial charge >= 0.3 is 0 Å². The van der Waals surface area contributed by atoms with Gasteiger partial charge in [0, 0.05) is 43.8 Å². The number of nitro benzene ring substituents is 1. The molecule has 1 saturated heterocycles. The Labute approximate surface area is 149 Å². The Kier molecular flexibility index (Phi) is 5.14. The molecule has 0 radical (unpaired) electrons. The van der Waals surface area contributed by atoms with Gasteiger partial charge in [-0.2, -0.15) is 0 Å². The summed E-state index contributed by atoms with van der Waals surface area (Å²) < 4.78 is 5.85. The summed E-state index contributed by atoms with van der Waals surface area (Å²) in [5, 5.41) is 11.0. The van der Waals surface area contributed by atoms with E-state index >= 15 is 0 Å². The van der Waals surface area contributed by atoms with Crippen LogP contribution in [-0.4, -0.2) is 39.9 Å². The minimum absolute atomic E-state index is 0.0186. The third kappa shape index (κ3) is 4.06. The second-order valence-electron chi connectivity index (χ2n) is 5.72. The van der Waals surface area contributed by atoms with E-state index in [1.54, 1.807) is 23.4 Å². The molecule has 0 spiro atoms. The average molecular weight is 362 g/mol. The van der Waals surface area contributed by atoms with Crippen LogP contribution in [0.3, 0.4) is 0 Å². The molecule has 1 aliphatic heterocycles. The molecule has 0 unspecified atom stereocenters. The number of ether oxygens (including phenoxy) is 1. The minimum Gasteiger partial charge on any atom is -0.489 e. The SMILES string of the molecule is O=C(c1ccc(Cl)c([N+](=O)[O-])c1)N1CCC(Oc2cccnc2)CC1. The number of halogens is 1. The van der Waals surface area contributed by atoms with E-state index in [1.807, 2.05) is 6.07 Å². The van der Waals surface area contributed by atoms with Gasteiger partial charge in [0.05, 0.1) is 11.1 Å². The summed E-state index contributed by atoms with van der Waals surface area (Å²) in [6, 6.07) is 7.77. The molecular formula is C17H16ClN3O4. The largest absolute Gasteiger partial charge is 0.489 e. The van der Waals surface area contributed by atoms with Crippen LogP contribution in [0.4, 0.5) is 5.69 Å². The van der Waals surface area contributed by atoms with Crippen LogP contribution in [0.2, 0.25) is 5.02 Å². The smallest absolute Gasteiger partial charge is 0.288 e. The van der Waals surface area contributed by atoms with Crippen LogP contribution >= 0.6 is 11.6 Å². The quantitative estimate of drug-likeness (QED) is 0.616. The van der Waals surface area contributed by atoms with Crippen LogP contribution in [0.5, 0.6) is 5.75 Å². The van der Waals surface area contributed by atoms with Gasteiger partial charge in [-0.1, -0.05) is 11.6 Å². The monoisotopic (exact) mass is 361 g/mol. The standard InChI is InChI=1S/C17H16ClN3O4/c18-15-4-3-12(10-16(15)21(23)24)17(22)20-8-5-13(6-9-20)25-14-2-1-7-19-11-14/h1-4,7,10-11,13H,5-6,8-9H2. The van der Waals surface area contributed by atoms with Gasteiger partial charge in [0.1, 0.15) is 16.9 Å². The number of likely N-dealkylation sites (tertiary alicyclic amines) is 1. The van der Waals surface area contributed by atoms with Crippen molar-refractivity contribution in [3.8, 4) is 5.75 Å². The van der Waals surface area contributed by atoms with E-state index in [2.05, 4.69) is 4.98 Å². The van der Waals surface area contributed by atoms with Gasteiger partial charge in [0.25, 0.3) is 11.6 Å². The lowest BCUT2D eigenvalue weighted by Gasteiger charge is -2.32. The normalized spacial score (nSPS) is 15.0. The molecule has 7 nitrogen and oxygen atoms in total. The molecule has 0 aliphatic carbocycles. The van der Waals surface area contributed by atoms with Crippen molar-refractivity contribution >= 4 is 23.2 Å². The number of rotatable bonds is 4. The average Bonchev–Trinajstić information content (AvgIpc) is 2.63. The summed E-state index contributed by atoms with van der Waals surface area (Å²) in [5.74, 6) is 0.472. The van der Waals surface area contributed by atoms with Gasteiger partial charge in [0.2, 0.25) is 0 Å². The van der Waals surface area contributed by atoms with Crippen molar-refractivity contribution in [1.82, 2.24) is 9.88 Å². The van der Waals surface area contributed by atoms with Crippen molar-refractivity contribution in [3.05, 3.63) is 63.4 Å². The number of benzene rings is 1. The van der Waals surface area contributed by atoms with E-state index in [1.165, 1.54) is 18.2 Å². The molecule has 3 rings (SSSR count). The summed E-state index contributed by atoms with van der Waals surface area (Å²) in [7, 11) is 0. The summed E-state index contributed by atoms with van der Waals surface area (Å²) >= 11 is 5.79. The summed E-state index contributed by atoms with van der Waals surface area (Å²) in [4.78, 5) is 28.6. The third-order valence-corrected chi connectivity index (χ3v) is 4.38. The molecule has 25 heavy (non-hydrogen) atoms. The zero-order chi connectivity index (χ0) is 17.8. The number of aromatic nitrogens is 1. The van der Waals surface area contributed by atoms with Crippen molar-refractivity contribution in [1.29, 1.82) is 0 Å². The summed E-state index contributed by atoms with van der Waals surface area (Å²) in [5.41, 5.74) is 0.00467. The molecule has 1 amide bonds. The predicted octanol–water partition coefficient (Wildman–Crippen LogP) is 3.33. The van der Waals surface area contributed by atoms with Crippen LogP contribution in [0.15, 0.2) is 42.7 Å². The zero-order valence-corrected chi connectivity index (χ0v) is 14.1. The van der Waals surface area contributed by atoms with E-state index in [0.717, 1.165) is 0 Å². The zero-order valence-electron chi connectivity index (χ0n) is 13.3. The molecule has 1 aromatic carbocycles. The van der Waals surface area contributed by atoms with Gasteiger partial charge in [0.15, 0.2) is 0 Å². The first-order valence-corrected chi connectivity index (χ1v) is 8.22. The number of piperidine rings is 1. The topological polar surface area (TPSA) is 85.6 Å². The molecule has 0 atom stereocenters. The molecule has 0 bridgehead atoms. The fourth-order valence-corrected chi connectivity index (χ4v) is 2.94. The van der Waals surface area contributed by atoms with Gasteiger partial charge in [-0.3, -0.25) is 19.9 Å². The number of pyridine rings is 1. The van der Waals surface area contributed by atoms with E-state index in [4.69, 9.17) is 16.3 Å². The maximum Gasteiger partial charge on any atom is 0.288 e. The molecule has 0 saturated carbocycles. The van der Waals surface area contributed by atoms with E-state index in [9.17, 15) is 14.9 Å². The van der Waals surface area contributed by atoms with Crippen molar-refractivity contribution in [2.75, 3.05) is 13.1 Å². The highest BCUT2D eigenvalue weighted by Gasteiger charge is 2.26. The summed E-state index contributed by atoms with van der Waals surface area (Å²) in [6.07, 6.45) is 4.74. The molecule has 130 valence electrons. The van der Waals surface area contributed by atoms with Gasteiger partial charge < -0.3 is 9.64 Å². The third-order valence-electron chi connectivity index (χ3n) is 4.06. The number of nitro groups is 1. The molecule has 1 aliphatic rings. The van der Waals surface area contributed by atoms with Crippen molar-refractivity contribution in [3.63, 3.8) is 0 Å². The van der Waals surface area contributed by atoms with Crippen molar-refractivity contribution in [2.45, 2.75) is 18.9 Å². The predicted molar refractivity (Wildman–Crippen MR) is 91.9 cm³/mol.